The molecule has 0 aromatic rings. The monoisotopic (exact) mass is 524 g/mol. The zero-order valence-electron chi connectivity index (χ0n) is 25.3. The Morgan fingerprint density at radius 1 is 0.541 bits per heavy atom. The highest BCUT2D eigenvalue weighted by atomic mass is 16.7. The first kappa shape index (κ1) is 35.9. The fourth-order valence-corrected chi connectivity index (χ4v) is 4.77. The molecule has 0 aromatic heterocycles. The molecule has 0 aromatic carbocycles. The van der Waals surface area contributed by atoms with Crippen LogP contribution in [0.3, 0.4) is 0 Å². The van der Waals surface area contributed by atoms with Crippen LogP contribution in [0.2, 0.25) is 0 Å². The second-order valence-corrected chi connectivity index (χ2v) is 11.1. The molecule has 0 atom stereocenters. The standard InChI is InChI=1S/C32H64N2O3/c1-4-6-8-10-12-14-16-18-20-22-24-27-31(35)33-29-26-30-34(3)37-32(36)28-25-23-21-19-17-15-13-11-9-7-5-2/h4-30H2,1-3H3,(H,33,35). The van der Waals surface area contributed by atoms with Crippen LogP contribution in [0.25, 0.3) is 0 Å². The summed E-state index contributed by atoms with van der Waals surface area (Å²) in [4.78, 5) is 29.4. The van der Waals surface area contributed by atoms with Crippen LogP contribution in [-0.4, -0.2) is 37.1 Å². The summed E-state index contributed by atoms with van der Waals surface area (Å²) < 4.78 is 0. The van der Waals surface area contributed by atoms with Crippen LogP contribution in [0.5, 0.6) is 0 Å². The number of unbranched alkanes of at least 4 members (excludes halogenated alkanes) is 20. The largest absolute Gasteiger partial charge is 0.368 e. The van der Waals surface area contributed by atoms with Crippen LogP contribution in [0.4, 0.5) is 0 Å². The first-order chi connectivity index (χ1) is 18.1. The van der Waals surface area contributed by atoms with Crippen LogP contribution in [0, 0.1) is 0 Å². The summed E-state index contributed by atoms with van der Waals surface area (Å²) in [6, 6.07) is 0. The molecule has 220 valence electrons. The summed E-state index contributed by atoms with van der Waals surface area (Å²) in [5.74, 6) is 0.00557. The van der Waals surface area contributed by atoms with Crippen molar-refractivity contribution >= 4 is 11.9 Å². The van der Waals surface area contributed by atoms with Crippen LogP contribution in [-0.2, 0) is 14.4 Å². The lowest BCUT2D eigenvalue weighted by Gasteiger charge is -2.16. The van der Waals surface area contributed by atoms with E-state index in [4.69, 9.17) is 4.84 Å². The Kier molecular flexibility index (Phi) is 28.6. The third-order valence-corrected chi connectivity index (χ3v) is 7.22. The van der Waals surface area contributed by atoms with Gasteiger partial charge in [-0.15, -0.1) is 5.06 Å². The number of nitrogens with one attached hydrogen (secondary N) is 1. The normalized spacial score (nSPS) is 11.2. The molecule has 0 heterocycles. The third kappa shape index (κ3) is 29.3. The fourth-order valence-electron chi connectivity index (χ4n) is 4.77. The van der Waals surface area contributed by atoms with E-state index in [1.165, 1.54) is 116 Å². The number of hydroxylamine groups is 2. The zero-order chi connectivity index (χ0) is 27.2. The number of nitrogens with zero attached hydrogens (tertiary/aromatic N) is 1. The zero-order valence-corrected chi connectivity index (χ0v) is 25.3. The number of carbonyl (C=O) groups is 2. The molecule has 0 saturated carbocycles. The average Bonchev–Trinajstić information content (AvgIpc) is 2.88. The highest BCUT2D eigenvalue weighted by Gasteiger charge is 2.08. The molecule has 5 nitrogen and oxygen atoms in total. The second kappa shape index (κ2) is 29.5. The fraction of sp³-hybridized carbons (Fsp3) is 0.938. The van der Waals surface area contributed by atoms with Crippen molar-refractivity contribution in [2.75, 3.05) is 20.1 Å². The van der Waals surface area contributed by atoms with Gasteiger partial charge in [-0.05, 0) is 19.3 Å². The van der Waals surface area contributed by atoms with E-state index in [-0.39, 0.29) is 11.9 Å². The lowest BCUT2D eigenvalue weighted by Crippen LogP contribution is -2.29. The quantitative estimate of drug-likeness (QED) is 0.0782. The van der Waals surface area contributed by atoms with E-state index in [9.17, 15) is 9.59 Å². The predicted octanol–water partition coefficient (Wildman–Crippen LogP) is 9.28. The highest BCUT2D eigenvalue weighted by molar-refractivity contribution is 5.75. The van der Waals surface area contributed by atoms with Crippen LogP contribution >= 0.6 is 0 Å². The van der Waals surface area contributed by atoms with Gasteiger partial charge in [0.1, 0.15) is 0 Å². The average molecular weight is 525 g/mol. The molecule has 0 unspecified atom stereocenters. The first-order valence-electron chi connectivity index (χ1n) is 16.3. The van der Waals surface area contributed by atoms with Crippen LogP contribution < -0.4 is 5.32 Å². The third-order valence-electron chi connectivity index (χ3n) is 7.22. The first-order valence-corrected chi connectivity index (χ1v) is 16.3. The Bertz CT molecular complexity index is 498. The van der Waals surface area contributed by atoms with Crippen molar-refractivity contribution in [1.82, 2.24) is 10.4 Å². The van der Waals surface area contributed by atoms with Crippen molar-refractivity contribution in [3.8, 4) is 0 Å². The van der Waals surface area contributed by atoms with Gasteiger partial charge in [-0.25, -0.2) is 0 Å². The van der Waals surface area contributed by atoms with E-state index in [0.29, 0.717) is 25.9 Å². The Balaban J connectivity index is 3.40. The van der Waals surface area contributed by atoms with Crippen molar-refractivity contribution in [3.63, 3.8) is 0 Å². The van der Waals surface area contributed by atoms with Gasteiger partial charge in [-0.2, -0.15) is 0 Å². The molecule has 0 radical (unpaired) electrons. The molecule has 0 fully saturated rings. The van der Waals surface area contributed by atoms with Gasteiger partial charge >= 0.3 is 5.97 Å². The molecule has 1 amide bonds. The Morgan fingerprint density at radius 3 is 1.35 bits per heavy atom. The van der Waals surface area contributed by atoms with Crippen molar-refractivity contribution in [1.29, 1.82) is 0 Å². The maximum Gasteiger partial charge on any atom is 0.325 e. The Hall–Kier alpha value is -1.10. The molecule has 5 heteroatoms. The highest BCUT2D eigenvalue weighted by Crippen LogP contribution is 2.13. The summed E-state index contributed by atoms with van der Waals surface area (Å²) in [6.45, 7) is 5.80. The molecule has 0 aliphatic carbocycles. The van der Waals surface area contributed by atoms with Gasteiger partial charge in [0.25, 0.3) is 0 Å². The topological polar surface area (TPSA) is 58.6 Å². The predicted molar refractivity (Wildman–Crippen MR) is 159 cm³/mol. The van der Waals surface area contributed by atoms with Gasteiger partial charge in [0.15, 0.2) is 0 Å². The van der Waals surface area contributed by atoms with Crippen LogP contribution in [0.15, 0.2) is 0 Å². The van der Waals surface area contributed by atoms with Crippen molar-refractivity contribution in [2.45, 2.75) is 174 Å². The molecule has 37 heavy (non-hydrogen) atoms. The van der Waals surface area contributed by atoms with Crippen molar-refractivity contribution in [2.24, 2.45) is 0 Å². The number of hydrogen-bond acceptors (Lipinski definition) is 4. The SMILES string of the molecule is CCCCCCCCCCCCCC(=O)NCCCN(C)OC(=O)CCCCCCCCCCCCC. The Labute approximate surface area is 231 Å². The summed E-state index contributed by atoms with van der Waals surface area (Å²) in [7, 11) is 1.80. The van der Waals surface area contributed by atoms with Crippen molar-refractivity contribution < 1.29 is 14.4 Å². The summed E-state index contributed by atoms with van der Waals surface area (Å²) in [5, 5.41) is 4.60. The smallest absolute Gasteiger partial charge is 0.325 e. The molecule has 1 N–H and O–H groups in total. The molecule has 0 saturated heterocycles. The molecule has 0 aliphatic heterocycles. The Morgan fingerprint density at radius 2 is 0.919 bits per heavy atom. The minimum atomic E-state index is -0.140. The number of hydrogen-bond donors (Lipinski definition) is 1. The summed E-state index contributed by atoms with van der Waals surface area (Å²) >= 11 is 0. The second-order valence-electron chi connectivity index (χ2n) is 11.1. The maximum atomic E-state index is 12.0. The molecular formula is C32H64N2O3. The van der Waals surface area contributed by atoms with Crippen molar-refractivity contribution in [3.05, 3.63) is 0 Å². The van der Waals surface area contributed by atoms with E-state index in [0.717, 1.165) is 32.1 Å². The van der Waals surface area contributed by atoms with E-state index in [2.05, 4.69) is 19.2 Å². The van der Waals surface area contributed by atoms with E-state index >= 15 is 0 Å². The number of rotatable bonds is 29. The minimum absolute atomic E-state index is 0.140. The molecule has 0 bridgehead atoms. The minimum Gasteiger partial charge on any atom is -0.368 e. The molecule has 0 spiro atoms. The van der Waals surface area contributed by atoms with Gasteiger partial charge < -0.3 is 10.2 Å². The van der Waals surface area contributed by atoms with Gasteiger partial charge in [0.2, 0.25) is 5.91 Å². The van der Waals surface area contributed by atoms with E-state index in [1.54, 1.807) is 12.1 Å². The number of carbonyl (C=O) groups excluding carboxylic acids is 2. The summed E-state index contributed by atoms with van der Waals surface area (Å²) in [5.41, 5.74) is 0. The molecular weight excluding hydrogens is 460 g/mol. The number of amides is 1. The van der Waals surface area contributed by atoms with Gasteiger partial charge in [-0.1, -0.05) is 142 Å². The lowest BCUT2D eigenvalue weighted by molar-refractivity contribution is -0.184. The van der Waals surface area contributed by atoms with Gasteiger partial charge in [0.05, 0.1) is 0 Å². The molecule has 0 rings (SSSR count). The van der Waals surface area contributed by atoms with E-state index < -0.39 is 0 Å². The van der Waals surface area contributed by atoms with Gasteiger partial charge in [-0.3, -0.25) is 9.59 Å². The van der Waals surface area contributed by atoms with Crippen LogP contribution in [0.1, 0.15) is 174 Å². The molecule has 0 aliphatic rings. The van der Waals surface area contributed by atoms with Gasteiger partial charge in [0, 0.05) is 33.0 Å². The van der Waals surface area contributed by atoms with E-state index in [1.807, 2.05) is 0 Å². The lowest BCUT2D eigenvalue weighted by atomic mass is 10.1. The maximum absolute atomic E-state index is 12.0. The summed E-state index contributed by atoms with van der Waals surface area (Å²) in [6.07, 6.45) is 30.2.